The number of halogens is 1. The molecule has 1 saturated carbocycles. The van der Waals surface area contributed by atoms with Crippen LogP contribution < -0.4 is 4.74 Å². The summed E-state index contributed by atoms with van der Waals surface area (Å²) >= 11 is 5.92. The van der Waals surface area contributed by atoms with Crippen molar-refractivity contribution in [1.82, 2.24) is 0 Å². The molecular formula is C14H17ClO2. The van der Waals surface area contributed by atoms with E-state index >= 15 is 0 Å². The summed E-state index contributed by atoms with van der Waals surface area (Å²) in [6.07, 6.45) is 6.59. The second-order valence-electron chi connectivity index (χ2n) is 4.59. The molecule has 3 heteroatoms. The Hall–Kier alpha value is -1.02. The van der Waals surface area contributed by atoms with Gasteiger partial charge in [0.25, 0.3) is 0 Å². The smallest absolute Gasteiger partial charge is 0.311 e. The molecule has 1 fully saturated rings. The number of hydrogen-bond donors (Lipinski definition) is 0. The van der Waals surface area contributed by atoms with Gasteiger partial charge < -0.3 is 4.74 Å². The lowest BCUT2D eigenvalue weighted by Gasteiger charge is -2.09. The highest BCUT2D eigenvalue weighted by Gasteiger charge is 2.17. The van der Waals surface area contributed by atoms with Crippen LogP contribution in [0.4, 0.5) is 0 Å². The zero-order valence-corrected chi connectivity index (χ0v) is 10.6. The van der Waals surface area contributed by atoms with E-state index in [1.54, 1.807) is 12.1 Å². The van der Waals surface area contributed by atoms with Gasteiger partial charge in [-0.05, 0) is 24.5 Å². The number of para-hydroxylation sites is 1. The number of hydrogen-bond acceptors (Lipinski definition) is 2. The fourth-order valence-corrected chi connectivity index (χ4v) is 2.50. The minimum Gasteiger partial charge on any atom is -0.425 e. The lowest BCUT2D eigenvalue weighted by molar-refractivity contribution is -0.134. The van der Waals surface area contributed by atoms with E-state index in [2.05, 4.69) is 0 Å². The molecule has 0 atom stereocenters. The van der Waals surface area contributed by atoms with Gasteiger partial charge in [0.05, 0.1) is 5.02 Å². The maximum Gasteiger partial charge on any atom is 0.311 e. The topological polar surface area (TPSA) is 26.3 Å². The highest BCUT2D eigenvalue weighted by Crippen LogP contribution is 2.29. The van der Waals surface area contributed by atoms with Crippen LogP contribution in [0.25, 0.3) is 0 Å². The van der Waals surface area contributed by atoms with E-state index in [4.69, 9.17) is 16.3 Å². The van der Waals surface area contributed by atoms with Crippen LogP contribution in [0.5, 0.6) is 5.75 Å². The zero-order chi connectivity index (χ0) is 12.1. The number of rotatable bonds is 4. The van der Waals surface area contributed by atoms with E-state index in [1.165, 1.54) is 25.7 Å². The molecule has 0 radical (unpaired) electrons. The molecule has 92 valence electrons. The maximum atomic E-state index is 11.6. The minimum atomic E-state index is -0.176. The molecular weight excluding hydrogens is 236 g/mol. The van der Waals surface area contributed by atoms with Gasteiger partial charge in [0.1, 0.15) is 5.75 Å². The second kappa shape index (κ2) is 6.06. The quantitative estimate of drug-likeness (QED) is 0.593. The Morgan fingerprint density at radius 3 is 2.71 bits per heavy atom. The van der Waals surface area contributed by atoms with Crippen LogP contribution in [0.15, 0.2) is 24.3 Å². The van der Waals surface area contributed by atoms with Crippen LogP contribution in [-0.2, 0) is 4.79 Å². The molecule has 0 aromatic heterocycles. The molecule has 0 spiro atoms. The zero-order valence-electron chi connectivity index (χ0n) is 9.82. The molecule has 2 rings (SSSR count). The Morgan fingerprint density at radius 2 is 2.00 bits per heavy atom. The summed E-state index contributed by atoms with van der Waals surface area (Å²) < 4.78 is 5.23. The van der Waals surface area contributed by atoms with Crippen molar-refractivity contribution >= 4 is 17.6 Å². The third-order valence-electron chi connectivity index (χ3n) is 3.29. The molecule has 1 aromatic rings. The molecule has 17 heavy (non-hydrogen) atoms. The Morgan fingerprint density at radius 1 is 1.29 bits per heavy atom. The van der Waals surface area contributed by atoms with Gasteiger partial charge in [-0.3, -0.25) is 4.79 Å². The Bertz CT molecular complexity index is 384. The van der Waals surface area contributed by atoms with Crippen molar-refractivity contribution in [3.05, 3.63) is 29.3 Å². The number of benzene rings is 1. The number of ether oxygens (including phenoxy) is 1. The summed E-state index contributed by atoms with van der Waals surface area (Å²) in [7, 11) is 0. The van der Waals surface area contributed by atoms with Crippen LogP contribution in [0.3, 0.4) is 0 Å². The number of esters is 1. The first-order chi connectivity index (χ1) is 8.25. The third-order valence-corrected chi connectivity index (χ3v) is 3.60. The summed E-state index contributed by atoms with van der Waals surface area (Å²) in [6, 6.07) is 7.07. The van der Waals surface area contributed by atoms with Gasteiger partial charge in [-0.1, -0.05) is 49.4 Å². The van der Waals surface area contributed by atoms with Gasteiger partial charge in [-0.2, -0.15) is 0 Å². The van der Waals surface area contributed by atoms with Gasteiger partial charge in [0.15, 0.2) is 0 Å². The summed E-state index contributed by atoms with van der Waals surface area (Å²) in [6.45, 7) is 0. The molecule has 0 unspecified atom stereocenters. The van der Waals surface area contributed by atoms with Crippen molar-refractivity contribution < 1.29 is 9.53 Å². The first-order valence-electron chi connectivity index (χ1n) is 6.21. The van der Waals surface area contributed by atoms with Gasteiger partial charge in [-0.15, -0.1) is 0 Å². The molecule has 0 heterocycles. The predicted octanol–water partition coefficient (Wildman–Crippen LogP) is 4.22. The van der Waals surface area contributed by atoms with Crippen molar-refractivity contribution in [2.75, 3.05) is 0 Å². The van der Waals surface area contributed by atoms with Crippen molar-refractivity contribution in [2.24, 2.45) is 5.92 Å². The predicted molar refractivity (Wildman–Crippen MR) is 68.3 cm³/mol. The monoisotopic (exact) mass is 252 g/mol. The molecule has 0 saturated heterocycles. The van der Waals surface area contributed by atoms with Crippen molar-refractivity contribution in [3.8, 4) is 5.75 Å². The molecule has 1 aliphatic rings. The number of carbonyl (C=O) groups is 1. The molecule has 0 bridgehead atoms. The lowest BCUT2D eigenvalue weighted by atomic mass is 10.0. The molecule has 2 nitrogen and oxygen atoms in total. The average Bonchev–Trinajstić information content (AvgIpc) is 2.82. The van der Waals surface area contributed by atoms with Gasteiger partial charge in [-0.25, -0.2) is 0 Å². The Balaban J connectivity index is 1.79. The van der Waals surface area contributed by atoms with Gasteiger partial charge >= 0.3 is 5.97 Å². The molecule has 0 N–H and O–H groups in total. The van der Waals surface area contributed by atoms with E-state index in [0.717, 1.165) is 6.42 Å². The van der Waals surface area contributed by atoms with E-state index in [9.17, 15) is 4.79 Å². The van der Waals surface area contributed by atoms with Crippen LogP contribution in [0.1, 0.15) is 38.5 Å². The Labute approximate surface area is 107 Å². The molecule has 1 aliphatic carbocycles. The molecule has 0 aliphatic heterocycles. The molecule has 1 aromatic carbocycles. The van der Waals surface area contributed by atoms with E-state index in [-0.39, 0.29) is 5.97 Å². The van der Waals surface area contributed by atoms with E-state index < -0.39 is 0 Å². The summed E-state index contributed by atoms with van der Waals surface area (Å²) in [4.78, 5) is 11.6. The first-order valence-corrected chi connectivity index (χ1v) is 6.58. The third kappa shape index (κ3) is 3.74. The lowest BCUT2D eigenvalue weighted by Crippen LogP contribution is -2.09. The van der Waals surface area contributed by atoms with Crippen LogP contribution >= 0.6 is 11.6 Å². The minimum absolute atomic E-state index is 0.176. The normalized spacial score (nSPS) is 16.1. The fraction of sp³-hybridized carbons (Fsp3) is 0.500. The maximum absolute atomic E-state index is 11.6. The van der Waals surface area contributed by atoms with E-state index in [0.29, 0.717) is 23.1 Å². The van der Waals surface area contributed by atoms with E-state index in [1.807, 2.05) is 12.1 Å². The average molecular weight is 253 g/mol. The standard InChI is InChI=1S/C14H17ClO2/c15-12-7-3-4-8-13(12)17-14(16)10-9-11-5-1-2-6-11/h3-4,7-8,11H,1-2,5-6,9-10H2. The highest BCUT2D eigenvalue weighted by atomic mass is 35.5. The van der Waals surface area contributed by atoms with Crippen LogP contribution in [0, 0.1) is 5.92 Å². The van der Waals surface area contributed by atoms with Gasteiger partial charge in [0, 0.05) is 6.42 Å². The van der Waals surface area contributed by atoms with Crippen molar-refractivity contribution in [3.63, 3.8) is 0 Å². The van der Waals surface area contributed by atoms with Crippen LogP contribution in [0.2, 0.25) is 5.02 Å². The molecule has 0 amide bonds. The van der Waals surface area contributed by atoms with Crippen molar-refractivity contribution in [1.29, 1.82) is 0 Å². The SMILES string of the molecule is O=C(CCC1CCCC1)Oc1ccccc1Cl. The summed E-state index contributed by atoms with van der Waals surface area (Å²) in [5, 5.41) is 0.488. The summed E-state index contributed by atoms with van der Waals surface area (Å²) in [5.41, 5.74) is 0. The van der Waals surface area contributed by atoms with Crippen molar-refractivity contribution in [2.45, 2.75) is 38.5 Å². The summed E-state index contributed by atoms with van der Waals surface area (Å²) in [5.74, 6) is 1.00. The van der Waals surface area contributed by atoms with Gasteiger partial charge in [0.2, 0.25) is 0 Å². The van der Waals surface area contributed by atoms with Crippen LogP contribution in [-0.4, -0.2) is 5.97 Å². The fourth-order valence-electron chi connectivity index (χ4n) is 2.32. The number of carbonyl (C=O) groups excluding carboxylic acids is 1. The highest BCUT2D eigenvalue weighted by molar-refractivity contribution is 6.32. The second-order valence-corrected chi connectivity index (χ2v) is 5.00. The first kappa shape index (κ1) is 12.4. The Kier molecular flexibility index (Phi) is 4.43. The largest absolute Gasteiger partial charge is 0.425 e.